The van der Waals surface area contributed by atoms with Crippen LogP contribution in [0.1, 0.15) is 47.2 Å². The van der Waals surface area contributed by atoms with Gasteiger partial charge in [-0.2, -0.15) is 0 Å². The summed E-state index contributed by atoms with van der Waals surface area (Å²) in [4.78, 5) is 23.1. The molecule has 30 heavy (non-hydrogen) atoms. The summed E-state index contributed by atoms with van der Waals surface area (Å²) in [6.45, 7) is 4.18. The fraction of sp³-hybridized carbons (Fsp3) is 0.320. The van der Waals surface area contributed by atoms with Gasteiger partial charge in [-0.3, -0.25) is 9.78 Å². The SMILES string of the molecule is C=C1C=C(c2ccncc2)NC(=NCC(=O)c2ccc(CC3CCCC3)cc2)N1C. The van der Waals surface area contributed by atoms with Gasteiger partial charge in [-0.25, -0.2) is 4.99 Å². The van der Waals surface area contributed by atoms with E-state index in [0.29, 0.717) is 11.5 Å². The molecule has 154 valence electrons. The number of guanidine groups is 1. The number of aliphatic imine (C=N–C) groups is 1. The summed E-state index contributed by atoms with van der Waals surface area (Å²) in [7, 11) is 1.89. The van der Waals surface area contributed by atoms with Crippen LogP contribution in [-0.2, 0) is 6.42 Å². The van der Waals surface area contributed by atoms with E-state index in [4.69, 9.17) is 0 Å². The van der Waals surface area contributed by atoms with Gasteiger partial charge in [-0.15, -0.1) is 0 Å². The van der Waals surface area contributed by atoms with Crippen molar-refractivity contribution in [1.82, 2.24) is 15.2 Å². The van der Waals surface area contributed by atoms with Crippen LogP contribution in [-0.4, -0.2) is 35.2 Å². The van der Waals surface area contributed by atoms with E-state index in [1.807, 2.05) is 42.3 Å². The fourth-order valence-electron chi connectivity index (χ4n) is 4.08. The van der Waals surface area contributed by atoms with Crippen molar-refractivity contribution < 1.29 is 4.79 Å². The lowest BCUT2D eigenvalue weighted by Gasteiger charge is -2.29. The molecule has 0 spiro atoms. The largest absolute Gasteiger partial charge is 0.325 e. The molecule has 5 nitrogen and oxygen atoms in total. The van der Waals surface area contributed by atoms with E-state index in [-0.39, 0.29) is 12.3 Å². The molecule has 2 aliphatic rings. The predicted octanol–water partition coefficient (Wildman–Crippen LogP) is 4.44. The topological polar surface area (TPSA) is 57.6 Å². The zero-order valence-electron chi connectivity index (χ0n) is 17.5. The van der Waals surface area contributed by atoms with Crippen molar-refractivity contribution in [3.63, 3.8) is 0 Å². The molecule has 1 fully saturated rings. The number of ketones is 1. The van der Waals surface area contributed by atoms with E-state index in [1.54, 1.807) is 12.4 Å². The summed E-state index contributed by atoms with van der Waals surface area (Å²) >= 11 is 0. The lowest BCUT2D eigenvalue weighted by atomic mass is 9.97. The van der Waals surface area contributed by atoms with Crippen molar-refractivity contribution in [3.8, 4) is 0 Å². The quantitative estimate of drug-likeness (QED) is 0.728. The van der Waals surface area contributed by atoms with Crippen LogP contribution < -0.4 is 5.32 Å². The molecule has 0 amide bonds. The summed E-state index contributed by atoms with van der Waals surface area (Å²) in [6.07, 6.45) is 11.9. The molecular formula is C25H28N4O. The van der Waals surface area contributed by atoms with Gasteiger partial charge in [-0.1, -0.05) is 56.5 Å². The van der Waals surface area contributed by atoms with Crippen molar-refractivity contribution in [2.45, 2.75) is 32.1 Å². The maximum Gasteiger partial charge on any atom is 0.203 e. The highest BCUT2D eigenvalue weighted by molar-refractivity contribution is 6.00. The number of Topliss-reactive ketones (excluding diaryl/α,β-unsaturated/α-hetero) is 1. The van der Waals surface area contributed by atoms with Gasteiger partial charge >= 0.3 is 0 Å². The number of nitrogens with zero attached hydrogens (tertiary/aromatic N) is 3. The maximum atomic E-state index is 12.7. The minimum Gasteiger partial charge on any atom is -0.325 e. The highest BCUT2D eigenvalue weighted by Gasteiger charge is 2.19. The van der Waals surface area contributed by atoms with Crippen LogP contribution >= 0.6 is 0 Å². The van der Waals surface area contributed by atoms with Crippen molar-refractivity contribution in [1.29, 1.82) is 0 Å². The molecule has 1 saturated carbocycles. The molecule has 5 heteroatoms. The van der Waals surface area contributed by atoms with Gasteiger partial charge in [0.15, 0.2) is 5.78 Å². The average molecular weight is 401 g/mol. The number of pyridine rings is 1. The van der Waals surface area contributed by atoms with Crippen LogP contribution in [0.3, 0.4) is 0 Å². The Hall–Kier alpha value is -3.21. The maximum absolute atomic E-state index is 12.7. The second kappa shape index (κ2) is 9.08. The van der Waals surface area contributed by atoms with Gasteiger partial charge in [-0.05, 0) is 36.1 Å². The first-order valence-electron chi connectivity index (χ1n) is 10.6. The monoisotopic (exact) mass is 400 g/mol. The highest BCUT2D eigenvalue weighted by atomic mass is 16.1. The Morgan fingerprint density at radius 1 is 1.17 bits per heavy atom. The lowest BCUT2D eigenvalue weighted by Crippen LogP contribution is -2.40. The van der Waals surface area contributed by atoms with Crippen LogP contribution in [0.15, 0.2) is 72.1 Å². The first-order valence-corrected chi connectivity index (χ1v) is 10.6. The zero-order valence-corrected chi connectivity index (χ0v) is 17.5. The molecule has 0 atom stereocenters. The van der Waals surface area contributed by atoms with E-state index >= 15 is 0 Å². The van der Waals surface area contributed by atoms with E-state index in [9.17, 15) is 4.79 Å². The molecule has 0 unspecified atom stereocenters. The standard InChI is InChI=1S/C25H28N4O/c1-18-15-23(21-11-13-26-14-12-21)28-25(29(18)2)27-17-24(30)22-9-7-20(8-10-22)16-19-5-3-4-6-19/h7-15,19H,1,3-6,16-17H2,2H3,(H,27,28). The molecule has 2 aromatic rings. The second-order valence-electron chi connectivity index (χ2n) is 8.08. The Morgan fingerprint density at radius 3 is 2.57 bits per heavy atom. The van der Waals surface area contributed by atoms with Crippen LogP contribution in [0.2, 0.25) is 0 Å². The number of benzene rings is 1. The molecule has 1 aromatic heterocycles. The van der Waals surface area contributed by atoms with Gasteiger partial charge in [0.2, 0.25) is 5.96 Å². The molecule has 1 aliphatic carbocycles. The molecule has 0 radical (unpaired) electrons. The first-order chi connectivity index (χ1) is 14.6. The number of nitrogens with one attached hydrogen (secondary N) is 1. The Bertz CT molecular complexity index is 970. The van der Waals surface area contributed by atoms with Crippen molar-refractivity contribution in [3.05, 3.63) is 83.8 Å². The summed E-state index contributed by atoms with van der Waals surface area (Å²) in [5.41, 5.74) is 4.72. The highest BCUT2D eigenvalue weighted by Crippen LogP contribution is 2.28. The first kappa shape index (κ1) is 20.1. The second-order valence-corrected chi connectivity index (χ2v) is 8.08. The molecule has 4 rings (SSSR count). The Labute approximate surface area is 178 Å². The van der Waals surface area contributed by atoms with Gasteiger partial charge < -0.3 is 10.2 Å². The van der Waals surface area contributed by atoms with Crippen molar-refractivity contribution >= 4 is 17.4 Å². The Kier molecular flexibility index (Phi) is 6.07. The van der Waals surface area contributed by atoms with Crippen molar-refractivity contribution in [2.24, 2.45) is 10.9 Å². The number of hydrogen-bond donors (Lipinski definition) is 1. The van der Waals surface area contributed by atoms with Crippen molar-refractivity contribution in [2.75, 3.05) is 13.6 Å². The third-order valence-electron chi connectivity index (χ3n) is 5.94. The third-order valence-corrected chi connectivity index (χ3v) is 5.94. The van der Waals surface area contributed by atoms with Gasteiger partial charge in [0.1, 0.15) is 6.54 Å². The van der Waals surface area contributed by atoms with E-state index in [0.717, 1.165) is 29.3 Å². The average Bonchev–Trinajstić information content (AvgIpc) is 3.28. The zero-order chi connectivity index (χ0) is 20.9. The molecular weight excluding hydrogens is 372 g/mol. The fourth-order valence-corrected chi connectivity index (χ4v) is 4.08. The van der Waals surface area contributed by atoms with E-state index in [1.165, 1.54) is 31.2 Å². The minimum absolute atomic E-state index is 0.00995. The Morgan fingerprint density at radius 2 is 1.87 bits per heavy atom. The number of likely N-dealkylation sites (N-methyl/N-ethyl adjacent to an activating group) is 1. The molecule has 0 bridgehead atoms. The van der Waals surface area contributed by atoms with Gasteiger partial charge in [0, 0.05) is 36.3 Å². The number of allylic oxidation sites excluding steroid dienone is 1. The molecule has 1 N–H and O–H groups in total. The van der Waals surface area contributed by atoms with Crippen LogP contribution in [0.25, 0.3) is 5.70 Å². The van der Waals surface area contributed by atoms with Gasteiger partial charge in [0.05, 0.1) is 5.70 Å². The molecule has 2 heterocycles. The van der Waals surface area contributed by atoms with E-state index in [2.05, 4.69) is 34.0 Å². The Balaban J connectivity index is 1.41. The third kappa shape index (κ3) is 4.67. The smallest absolute Gasteiger partial charge is 0.203 e. The van der Waals surface area contributed by atoms with E-state index < -0.39 is 0 Å². The summed E-state index contributed by atoms with van der Waals surface area (Å²) in [5.74, 6) is 1.43. The molecule has 1 aliphatic heterocycles. The van der Waals surface area contributed by atoms with Crippen LogP contribution in [0.4, 0.5) is 0 Å². The summed E-state index contributed by atoms with van der Waals surface area (Å²) in [6, 6.07) is 11.9. The minimum atomic E-state index is 0.00995. The number of carbonyl (C=O) groups is 1. The lowest BCUT2D eigenvalue weighted by molar-refractivity contribution is 0.100. The predicted molar refractivity (Wildman–Crippen MR) is 121 cm³/mol. The van der Waals surface area contributed by atoms with Crippen LogP contribution in [0.5, 0.6) is 0 Å². The molecule has 1 aromatic carbocycles. The van der Waals surface area contributed by atoms with Crippen LogP contribution in [0, 0.1) is 5.92 Å². The number of rotatable bonds is 6. The number of hydrogen-bond acceptors (Lipinski definition) is 3. The normalized spacial score (nSPS) is 18.4. The number of aromatic nitrogens is 1. The summed E-state index contributed by atoms with van der Waals surface area (Å²) < 4.78 is 0. The summed E-state index contributed by atoms with van der Waals surface area (Å²) in [5, 5.41) is 3.30. The molecule has 0 saturated heterocycles. The number of carbonyl (C=O) groups excluding carboxylic acids is 1. The van der Waals surface area contributed by atoms with Gasteiger partial charge in [0.25, 0.3) is 0 Å².